The second kappa shape index (κ2) is 5.47. The van der Waals surface area contributed by atoms with Crippen LogP contribution in [-0.2, 0) is 4.74 Å². The van der Waals surface area contributed by atoms with Crippen LogP contribution < -0.4 is 5.43 Å². The first-order valence-corrected chi connectivity index (χ1v) is 5.68. The molecular weight excluding hydrogens is 265 g/mol. The minimum atomic E-state index is -0.696. The molecule has 0 aromatic heterocycles. The first kappa shape index (κ1) is 13.0. The van der Waals surface area contributed by atoms with Crippen molar-refractivity contribution in [3.05, 3.63) is 33.1 Å². The Labute approximate surface area is 107 Å². The molecule has 0 saturated carbocycles. The van der Waals surface area contributed by atoms with Crippen molar-refractivity contribution >= 4 is 23.0 Å². The van der Waals surface area contributed by atoms with Crippen molar-refractivity contribution in [2.45, 2.75) is 0 Å². The summed E-state index contributed by atoms with van der Waals surface area (Å²) in [6.45, 7) is 2.19. The highest BCUT2D eigenvalue weighted by molar-refractivity contribution is 6.31. The summed E-state index contributed by atoms with van der Waals surface area (Å²) in [5.41, 5.74) is 2.64. The molecular formula is C10H11ClFN3O3. The van der Waals surface area contributed by atoms with Crippen LogP contribution in [0.25, 0.3) is 0 Å². The molecule has 0 radical (unpaired) electrons. The summed E-state index contributed by atoms with van der Waals surface area (Å²) in [4.78, 5) is 10.3. The van der Waals surface area contributed by atoms with E-state index in [0.717, 1.165) is 12.1 Å². The Kier molecular flexibility index (Phi) is 3.95. The Morgan fingerprint density at radius 1 is 1.44 bits per heavy atom. The van der Waals surface area contributed by atoms with E-state index in [0.29, 0.717) is 26.3 Å². The highest BCUT2D eigenvalue weighted by Crippen LogP contribution is 2.30. The van der Waals surface area contributed by atoms with Crippen LogP contribution in [0, 0.1) is 15.9 Å². The zero-order valence-corrected chi connectivity index (χ0v) is 10.1. The number of nitro benzene ring substituents is 1. The molecule has 1 aromatic rings. The van der Waals surface area contributed by atoms with Gasteiger partial charge in [-0.1, -0.05) is 11.6 Å². The van der Waals surface area contributed by atoms with Crippen LogP contribution in [0.3, 0.4) is 0 Å². The average molecular weight is 276 g/mol. The van der Waals surface area contributed by atoms with Gasteiger partial charge in [0.25, 0.3) is 5.69 Å². The Morgan fingerprint density at radius 2 is 2.11 bits per heavy atom. The molecule has 0 unspecified atom stereocenters. The Hall–Kier alpha value is -1.44. The Balaban J connectivity index is 2.24. The third-order valence-electron chi connectivity index (χ3n) is 2.52. The quantitative estimate of drug-likeness (QED) is 0.675. The topological polar surface area (TPSA) is 67.6 Å². The number of morpholine rings is 1. The van der Waals surface area contributed by atoms with E-state index in [9.17, 15) is 14.5 Å². The molecule has 8 heteroatoms. The lowest BCUT2D eigenvalue weighted by molar-refractivity contribution is -0.384. The minimum Gasteiger partial charge on any atom is -0.379 e. The van der Waals surface area contributed by atoms with Crippen LogP contribution in [-0.4, -0.2) is 36.2 Å². The van der Waals surface area contributed by atoms with Crippen molar-refractivity contribution < 1.29 is 14.1 Å². The number of nitrogens with zero attached hydrogens (tertiary/aromatic N) is 2. The third kappa shape index (κ3) is 2.87. The number of hydrogen-bond donors (Lipinski definition) is 1. The fraction of sp³-hybridized carbons (Fsp3) is 0.400. The van der Waals surface area contributed by atoms with Crippen molar-refractivity contribution in [1.82, 2.24) is 5.01 Å². The van der Waals surface area contributed by atoms with Crippen molar-refractivity contribution in [3.63, 3.8) is 0 Å². The number of halogens is 2. The van der Waals surface area contributed by atoms with E-state index >= 15 is 0 Å². The Bertz CT molecular complexity index is 466. The molecule has 1 saturated heterocycles. The molecule has 1 N–H and O–H groups in total. The van der Waals surface area contributed by atoms with E-state index in [-0.39, 0.29) is 16.4 Å². The zero-order valence-electron chi connectivity index (χ0n) is 9.36. The smallest absolute Gasteiger partial charge is 0.295 e. The van der Waals surface area contributed by atoms with Gasteiger partial charge >= 0.3 is 0 Å². The first-order valence-electron chi connectivity index (χ1n) is 5.30. The van der Waals surface area contributed by atoms with Gasteiger partial charge in [0.2, 0.25) is 0 Å². The Morgan fingerprint density at radius 3 is 2.72 bits per heavy atom. The van der Waals surface area contributed by atoms with Crippen LogP contribution in [0.5, 0.6) is 0 Å². The molecule has 1 aliphatic rings. The van der Waals surface area contributed by atoms with E-state index in [1.54, 1.807) is 5.01 Å². The molecule has 1 fully saturated rings. The normalized spacial score (nSPS) is 16.6. The minimum absolute atomic E-state index is 0.0869. The standard InChI is InChI=1S/C10H11ClFN3O3/c11-7-5-10(15(16)17)9(6-8(7)12)13-14-1-3-18-4-2-14/h5-6,13H,1-4H2. The van der Waals surface area contributed by atoms with Gasteiger partial charge in [-0.2, -0.15) is 0 Å². The zero-order chi connectivity index (χ0) is 13.1. The monoisotopic (exact) mass is 275 g/mol. The summed E-state index contributed by atoms with van der Waals surface area (Å²) in [6.07, 6.45) is 0. The van der Waals surface area contributed by atoms with Gasteiger partial charge in [-0.15, -0.1) is 0 Å². The molecule has 0 atom stereocenters. The summed E-state index contributed by atoms with van der Waals surface area (Å²) in [5, 5.41) is 12.3. The van der Waals surface area contributed by atoms with Crippen molar-refractivity contribution in [1.29, 1.82) is 0 Å². The molecule has 6 nitrogen and oxygen atoms in total. The fourth-order valence-electron chi connectivity index (χ4n) is 1.62. The number of anilines is 1. The molecule has 1 heterocycles. The highest BCUT2D eigenvalue weighted by atomic mass is 35.5. The maximum atomic E-state index is 13.3. The van der Waals surface area contributed by atoms with Crippen molar-refractivity contribution in [3.8, 4) is 0 Å². The summed E-state index contributed by atoms with van der Waals surface area (Å²) in [6, 6.07) is 2.02. The van der Waals surface area contributed by atoms with Gasteiger partial charge in [0.05, 0.1) is 23.2 Å². The van der Waals surface area contributed by atoms with Gasteiger partial charge < -0.3 is 10.2 Å². The van der Waals surface area contributed by atoms with E-state index < -0.39 is 10.7 Å². The number of hydrazine groups is 1. The predicted molar refractivity (Wildman–Crippen MR) is 64.1 cm³/mol. The molecule has 0 amide bonds. The fourth-order valence-corrected chi connectivity index (χ4v) is 1.78. The first-order chi connectivity index (χ1) is 8.58. The maximum absolute atomic E-state index is 13.3. The lowest BCUT2D eigenvalue weighted by atomic mass is 10.2. The van der Waals surface area contributed by atoms with Gasteiger partial charge in [0.15, 0.2) is 0 Å². The predicted octanol–water partition coefficient (Wildman–Crippen LogP) is 2.05. The van der Waals surface area contributed by atoms with Gasteiger partial charge in [-0.25, -0.2) is 9.40 Å². The number of benzene rings is 1. The maximum Gasteiger partial charge on any atom is 0.295 e. The van der Waals surface area contributed by atoms with Crippen LogP contribution in [0.1, 0.15) is 0 Å². The lowest BCUT2D eigenvalue weighted by Gasteiger charge is -2.27. The number of nitro groups is 1. The summed E-state index contributed by atoms with van der Waals surface area (Å²) >= 11 is 5.53. The third-order valence-corrected chi connectivity index (χ3v) is 2.81. The number of hydrogen-bond acceptors (Lipinski definition) is 5. The molecule has 1 aromatic carbocycles. The lowest BCUT2D eigenvalue weighted by Crippen LogP contribution is -2.40. The SMILES string of the molecule is O=[N+]([O-])c1cc(Cl)c(F)cc1NN1CCOCC1. The number of rotatable bonds is 3. The van der Waals surface area contributed by atoms with Crippen molar-refractivity contribution in [2.24, 2.45) is 0 Å². The van der Waals surface area contributed by atoms with Crippen LogP contribution in [0.2, 0.25) is 5.02 Å². The molecule has 2 rings (SSSR count). The van der Waals surface area contributed by atoms with Gasteiger partial charge in [-0.05, 0) is 0 Å². The number of ether oxygens (including phenoxy) is 1. The molecule has 0 bridgehead atoms. The molecule has 98 valence electrons. The summed E-state index contributed by atoms with van der Waals surface area (Å²) < 4.78 is 18.5. The van der Waals surface area contributed by atoms with E-state index in [1.807, 2.05) is 0 Å². The molecule has 18 heavy (non-hydrogen) atoms. The molecule has 0 aliphatic carbocycles. The van der Waals surface area contributed by atoms with Crippen LogP contribution in [0.4, 0.5) is 15.8 Å². The van der Waals surface area contributed by atoms with Gasteiger partial charge in [0.1, 0.15) is 11.5 Å². The van der Waals surface area contributed by atoms with Crippen molar-refractivity contribution in [2.75, 3.05) is 31.7 Å². The van der Waals surface area contributed by atoms with E-state index in [1.165, 1.54) is 0 Å². The molecule has 0 spiro atoms. The largest absolute Gasteiger partial charge is 0.379 e. The average Bonchev–Trinajstić information content (AvgIpc) is 2.34. The van der Waals surface area contributed by atoms with E-state index in [4.69, 9.17) is 16.3 Å². The second-order valence-electron chi connectivity index (χ2n) is 3.75. The molecule has 1 aliphatic heterocycles. The summed E-state index contributed by atoms with van der Waals surface area (Å²) in [5.74, 6) is -0.696. The number of nitrogens with one attached hydrogen (secondary N) is 1. The van der Waals surface area contributed by atoms with E-state index in [2.05, 4.69) is 5.43 Å². The van der Waals surface area contributed by atoms with Crippen LogP contribution in [0.15, 0.2) is 12.1 Å². The van der Waals surface area contributed by atoms with Crippen LogP contribution >= 0.6 is 11.6 Å². The highest BCUT2D eigenvalue weighted by Gasteiger charge is 2.20. The second-order valence-corrected chi connectivity index (χ2v) is 4.16. The summed E-state index contributed by atoms with van der Waals surface area (Å²) in [7, 11) is 0. The van der Waals surface area contributed by atoms with Gasteiger partial charge in [0, 0.05) is 25.2 Å². The van der Waals surface area contributed by atoms with Gasteiger partial charge in [-0.3, -0.25) is 10.1 Å².